The number of likely N-dealkylation sites (tertiary alicyclic amines) is 1. The Balaban J connectivity index is 1.29. The molecule has 2 aromatic rings. The Bertz CT molecular complexity index is 843. The SMILES string of the molecule is COc1ccc(-c2nnc(SCC(=O)NCC3(N4CCCCC4)CCCCC3)o2)cc1. The third-order valence-corrected chi connectivity index (χ3v) is 7.31. The minimum absolute atomic E-state index is 0.0242. The molecule has 7 nitrogen and oxygen atoms in total. The van der Waals surface area contributed by atoms with Crippen molar-refractivity contribution in [2.45, 2.75) is 62.1 Å². The van der Waals surface area contributed by atoms with Gasteiger partial charge in [-0.2, -0.15) is 0 Å². The van der Waals surface area contributed by atoms with Gasteiger partial charge in [0.15, 0.2) is 0 Å². The van der Waals surface area contributed by atoms with Gasteiger partial charge in [-0.25, -0.2) is 0 Å². The van der Waals surface area contributed by atoms with Crippen molar-refractivity contribution in [1.29, 1.82) is 0 Å². The first-order valence-electron chi connectivity index (χ1n) is 11.3. The van der Waals surface area contributed by atoms with Gasteiger partial charge in [-0.3, -0.25) is 9.69 Å². The third-order valence-electron chi connectivity index (χ3n) is 6.50. The minimum atomic E-state index is 0.0242. The summed E-state index contributed by atoms with van der Waals surface area (Å²) in [5.74, 6) is 1.52. The van der Waals surface area contributed by atoms with Crippen molar-refractivity contribution < 1.29 is 13.9 Å². The number of nitrogens with one attached hydrogen (secondary N) is 1. The van der Waals surface area contributed by atoms with Crippen LogP contribution in [0.25, 0.3) is 11.5 Å². The monoisotopic (exact) mass is 444 g/mol. The molecule has 4 rings (SSSR count). The van der Waals surface area contributed by atoms with Gasteiger partial charge in [-0.1, -0.05) is 37.4 Å². The number of ether oxygens (including phenoxy) is 1. The van der Waals surface area contributed by atoms with Crippen LogP contribution in [0.2, 0.25) is 0 Å². The average Bonchev–Trinajstić information content (AvgIpc) is 3.32. The van der Waals surface area contributed by atoms with Crippen LogP contribution in [0.15, 0.2) is 33.9 Å². The molecule has 168 valence electrons. The Morgan fingerprint density at radius 3 is 2.52 bits per heavy atom. The van der Waals surface area contributed by atoms with Crippen LogP contribution in [0.4, 0.5) is 0 Å². The molecule has 1 saturated heterocycles. The molecule has 1 aliphatic heterocycles. The Labute approximate surface area is 188 Å². The van der Waals surface area contributed by atoms with Gasteiger partial charge in [0, 0.05) is 17.6 Å². The van der Waals surface area contributed by atoms with Crippen LogP contribution in [0.1, 0.15) is 51.4 Å². The quantitative estimate of drug-likeness (QED) is 0.613. The summed E-state index contributed by atoms with van der Waals surface area (Å²) in [6.07, 6.45) is 10.1. The number of rotatable bonds is 8. The molecule has 8 heteroatoms. The van der Waals surface area contributed by atoms with Gasteiger partial charge in [0.2, 0.25) is 11.8 Å². The van der Waals surface area contributed by atoms with Gasteiger partial charge in [-0.05, 0) is 63.0 Å². The lowest BCUT2D eigenvalue weighted by atomic mass is 9.79. The number of benzene rings is 1. The van der Waals surface area contributed by atoms with Gasteiger partial charge in [-0.15, -0.1) is 10.2 Å². The molecule has 31 heavy (non-hydrogen) atoms. The van der Waals surface area contributed by atoms with Crippen molar-refractivity contribution in [2.24, 2.45) is 0 Å². The number of methoxy groups -OCH3 is 1. The zero-order valence-electron chi connectivity index (χ0n) is 18.3. The second-order valence-electron chi connectivity index (χ2n) is 8.50. The topological polar surface area (TPSA) is 80.5 Å². The molecule has 0 atom stereocenters. The number of carbonyl (C=O) groups is 1. The summed E-state index contributed by atoms with van der Waals surface area (Å²) in [7, 11) is 1.63. The molecule has 1 saturated carbocycles. The van der Waals surface area contributed by atoms with Gasteiger partial charge in [0.1, 0.15) is 5.75 Å². The van der Waals surface area contributed by atoms with E-state index in [0.717, 1.165) is 17.9 Å². The normalized spacial score (nSPS) is 19.1. The van der Waals surface area contributed by atoms with Crippen LogP contribution in [-0.4, -0.2) is 59.0 Å². The number of hydrogen-bond donors (Lipinski definition) is 1. The minimum Gasteiger partial charge on any atom is -0.497 e. The number of amides is 1. The van der Waals surface area contributed by atoms with Crippen LogP contribution < -0.4 is 10.1 Å². The maximum Gasteiger partial charge on any atom is 0.277 e. The van der Waals surface area contributed by atoms with Gasteiger partial charge in [0.25, 0.3) is 5.22 Å². The smallest absolute Gasteiger partial charge is 0.277 e. The Morgan fingerprint density at radius 2 is 1.81 bits per heavy atom. The summed E-state index contributed by atoms with van der Waals surface area (Å²) in [5, 5.41) is 11.8. The summed E-state index contributed by atoms with van der Waals surface area (Å²) < 4.78 is 10.9. The van der Waals surface area contributed by atoms with E-state index in [4.69, 9.17) is 9.15 Å². The zero-order chi connectivity index (χ0) is 21.5. The van der Waals surface area contributed by atoms with Gasteiger partial charge < -0.3 is 14.5 Å². The summed E-state index contributed by atoms with van der Waals surface area (Å²) in [6.45, 7) is 3.08. The van der Waals surface area contributed by atoms with Gasteiger partial charge in [0.05, 0.1) is 12.9 Å². The van der Waals surface area contributed by atoms with Crippen LogP contribution in [0, 0.1) is 0 Å². The van der Waals surface area contributed by atoms with E-state index in [1.54, 1.807) is 7.11 Å². The van der Waals surface area contributed by atoms with Crippen molar-refractivity contribution in [3.63, 3.8) is 0 Å². The van der Waals surface area contributed by atoms with E-state index in [1.807, 2.05) is 24.3 Å². The first-order valence-corrected chi connectivity index (χ1v) is 12.3. The molecule has 0 bridgehead atoms. The first-order chi connectivity index (χ1) is 15.2. The number of carbonyl (C=O) groups excluding carboxylic acids is 1. The molecule has 2 aliphatic rings. The molecule has 1 aromatic carbocycles. The number of hydrogen-bond acceptors (Lipinski definition) is 7. The van der Waals surface area contributed by atoms with Crippen molar-refractivity contribution in [3.8, 4) is 17.2 Å². The summed E-state index contributed by atoms with van der Waals surface area (Å²) in [6, 6.07) is 7.45. The van der Waals surface area contributed by atoms with Crippen LogP contribution >= 0.6 is 11.8 Å². The summed E-state index contributed by atoms with van der Waals surface area (Å²) >= 11 is 1.28. The van der Waals surface area contributed by atoms with Crippen molar-refractivity contribution in [1.82, 2.24) is 20.4 Å². The van der Waals surface area contributed by atoms with Crippen LogP contribution in [0.3, 0.4) is 0 Å². The van der Waals surface area contributed by atoms with Gasteiger partial charge >= 0.3 is 0 Å². The Hall–Kier alpha value is -2.06. The highest BCUT2D eigenvalue weighted by Crippen LogP contribution is 2.35. The van der Waals surface area contributed by atoms with E-state index < -0.39 is 0 Å². The molecular weight excluding hydrogens is 412 g/mol. The van der Waals surface area contributed by atoms with Crippen molar-refractivity contribution in [2.75, 3.05) is 32.5 Å². The lowest BCUT2D eigenvalue weighted by Gasteiger charge is -2.48. The number of thioether (sulfide) groups is 1. The lowest BCUT2D eigenvalue weighted by Crippen LogP contribution is -2.58. The number of piperidine rings is 1. The fourth-order valence-electron chi connectivity index (χ4n) is 4.74. The predicted molar refractivity (Wildman–Crippen MR) is 121 cm³/mol. The standard InChI is InChI=1S/C23H32N4O3S/c1-29-19-10-8-18(9-11-19)21-25-26-22(30-21)31-16-20(28)24-17-23(12-4-2-5-13-23)27-14-6-3-7-15-27/h8-11H,2-7,12-17H2,1H3,(H,24,28). The molecule has 1 amide bonds. The molecule has 2 heterocycles. The zero-order valence-corrected chi connectivity index (χ0v) is 19.1. The molecule has 1 N–H and O–H groups in total. The van der Waals surface area contributed by atoms with E-state index in [-0.39, 0.29) is 17.2 Å². The molecule has 0 unspecified atom stereocenters. The predicted octanol–water partition coefficient (Wildman–Crippen LogP) is 4.14. The van der Waals surface area contributed by atoms with Crippen molar-refractivity contribution >= 4 is 17.7 Å². The van der Waals surface area contributed by atoms with E-state index >= 15 is 0 Å². The maximum absolute atomic E-state index is 12.6. The summed E-state index contributed by atoms with van der Waals surface area (Å²) in [5.41, 5.74) is 0.968. The Morgan fingerprint density at radius 1 is 1.10 bits per heavy atom. The molecule has 1 aromatic heterocycles. The molecule has 0 spiro atoms. The maximum atomic E-state index is 12.6. The van der Waals surface area contributed by atoms with E-state index in [1.165, 1.54) is 76.2 Å². The molecule has 0 radical (unpaired) electrons. The van der Waals surface area contributed by atoms with Crippen LogP contribution in [-0.2, 0) is 4.79 Å². The molecule has 2 fully saturated rings. The number of aromatic nitrogens is 2. The first kappa shape index (κ1) is 22.1. The number of nitrogens with zero attached hydrogens (tertiary/aromatic N) is 3. The lowest BCUT2D eigenvalue weighted by molar-refractivity contribution is -0.119. The molecule has 1 aliphatic carbocycles. The Kier molecular flexibility index (Phi) is 7.50. The highest BCUT2D eigenvalue weighted by Gasteiger charge is 2.38. The highest BCUT2D eigenvalue weighted by atomic mass is 32.2. The average molecular weight is 445 g/mol. The van der Waals surface area contributed by atoms with E-state index in [0.29, 0.717) is 11.1 Å². The van der Waals surface area contributed by atoms with E-state index in [9.17, 15) is 4.79 Å². The highest BCUT2D eigenvalue weighted by molar-refractivity contribution is 7.99. The second kappa shape index (κ2) is 10.5. The molecular formula is C23H32N4O3S. The fourth-order valence-corrected chi connectivity index (χ4v) is 5.34. The van der Waals surface area contributed by atoms with Crippen LogP contribution in [0.5, 0.6) is 5.75 Å². The largest absolute Gasteiger partial charge is 0.497 e. The fraction of sp³-hybridized carbons (Fsp3) is 0.609. The van der Waals surface area contributed by atoms with E-state index in [2.05, 4.69) is 20.4 Å². The second-order valence-corrected chi connectivity index (χ2v) is 9.43. The summed E-state index contributed by atoms with van der Waals surface area (Å²) in [4.78, 5) is 15.2. The van der Waals surface area contributed by atoms with Crippen molar-refractivity contribution in [3.05, 3.63) is 24.3 Å². The third kappa shape index (κ3) is 5.60.